The molecule has 1 aliphatic heterocycles. The van der Waals surface area contributed by atoms with Crippen LogP contribution in [0.25, 0.3) is 0 Å². The van der Waals surface area contributed by atoms with Gasteiger partial charge in [-0.25, -0.2) is 0 Å². The Bertz CT molecular complexity index is 669. The first-order chi connectivity index (χ1) is 11.5. The van der Waals surface area contributed by atoms with Crippen molar-refractivity contribution in [1.29, 1.82) is 0 Å². The van der Waals surface area contributed by atoms with Gasteiger partial charge in [-0.3, -0.25) is 19.3 Å². The van der Waals surface area contributed by atoms with Crippen molar-refractivity contribution in [1.82, 2.24) is 4.90 Å². The smallest absolute Gasteiger partial charge is 0.306 e. The van der Waals surface area contributed by atoms with Crippen molar-refractivity contribution in [3.8, 4) is 0 Å². The van der Waals surface area contributed by atoms with Gasteiger partial charge in [0.05, 0.1) is 19.8 Å². The predicted octanol–water partition coefficient (Wildman–Crippen LogP) is 0.839. The molecule has 7 nitrogen and oxygen atoms in total. The van der Waals surface area contributed by atoms with Gasteiger partial charge in [-0.1, -0.05) is 12.1 Å². The molecule has 2 N–H and O–H groups in total. The number of hydrogen-bond donors (Lipinski definition) is 2. The van der Waals surface area contributed by atoms with Crippen LogP contribution in [0, 0.1) is 0 Å². The number of imide groups is 1. The molecule has 2 amide bonds. The Kier molecular flexibility index (Phi) is 6.08. The lowest BCUT2D eigenvalue weighted by Crippen LogP contribution is -2.34. The van der Waals surface area contributed by atoms with Gasteiger partial charge in [0.1, 0.15) is 5.70 Å². The summed E-state index contributed by atoms with van der Waals surface area (Å²) < 4.78 is 4.89. The maximum absolute atomic E-state index is 12.1. The van der Waals surface area contributed by atoms with Crippen LogP contribution < -0.4 is 5.32 Å². The van der Waals surface area contributed by atoms with E-state index in [1.807, 2.05) is 12.1 Å². The number of β-amino-alcohol motifs (C(OH)–C–C–N with tert-alkyl or cyclic N) is 1. The number of nitrogens with one attached hydrogen (secondary N) is 1. The van der Waals surface area contributed by atoms with Crippen LogP contribution in [0.3, 0.4) is 0 Å². The SMILES string of the molecule is CCOC(=O)CCc1cccc(NC2=CC(=O)N(CCO)C2=O)c1. The van der Waals surface area contributed by atoms with Crippen LogP contribution in [-0.4, -0.2) is 47.5 Å². The van der Waals surface area contributed by atoms with Crippen LogP contribution in [0.4, 0.5) is 5.69 Å². The predicted molar refractivity (Wildman–Crippen MR) is 86.9 cm³/mol. The highest BCUT2D eigenvalue weighted by molar-refractivity contribution is 6.17. The molecule has 7 heteroatoms. The standard InChI is InChI=1S/C17H20N2O5/c1-2-24-16(22)7-6-12-4-3-5-13(10-12)18-14-11-15(21)19(8-9-20)17(14)23/h3-5,10-11,18,20H,2,6-9H2,1H3. The van der Waals surface area contributed by atoms with Crippen molar-refractivity contribution in [2.24, 2.45) is 0 Å². The van der Waals surface area contributed by atoms with Gasteiger partial charge < -0.3 is 15.2 Å². The van der Waals surface area contributed by atoms with E-state index in [4.69, 9.17) is 9.84 Å². The maximum atomic E-state index is 12.1. The number of rotatable bonds is 8. The first-order valence-corrected chi connectivity index (χ1v) is 7.75. The molecule has 0 fully saturated rings. The van der Waals surface area contributed by atoms with Crippen molar-refractivity contribution in [3.05, 3.63) is 41.6 Å². The summed E-state index contributed by atoms with van der Waals surface area (Å²) in [6.07, 6.45) is 2.02. The van der Waals surface area contributed by atoms with Gasteiger partial charge in [0.15, 0.2) is 0 Å². The van der Waals surface area contributed by atoms with E-state index < -0.39 is 11.8 Å². The molecule has 0 saturated heterocycles. The third kappa shape index (κ3) is 4.42. The number of anilines is 1. The zero-order valence-electron chi connectivity index (χ0n) is 13.4. The Morgan fingerprint density at radius 2 is 2.12 bits per heavy atom. The largest absolute Gasteiger partial charge is 0.466 e. The van der Waals surface area contributed by atoms with Crippen LogP contribution in [0.15, 0.2) is 36.0 Å². The van der Waals surface area contributed by atoms with Gasteiger partial charge in [-0.2, -0.15) is 0 Å². The van der Waals surface area contributed by atoms with Gasteiger partial charge in [0.25, 0.3) is 11.8 Å². The molecule has 1 heterocycles. The van der Waals surface area contributed by atoms with E-state index in [0.29, 0.717) is 18.7 Å². The number of hydrogen-bond acceptors (Lipinski definition) is 6. The molecule has 1 aliphatic rings. The van der Waals surface area contributed by atoms with Crippen molar-refractivity contribution in [2.75, 3.05) is 25.1 Å². The molecule has 1 aromatic rings. The van der Waals surface area contributed by atoms with Crippen LogP contribution >= 0.6 is 0 Å². The number of aliphatic hydroxyl groups excluding tert-OH is 1. The molecule has 0 atom stereocenters. The van der Waals surface area contributed by atoms with Crippen molar-refractivity contribution in [2.45, 2.75) is 19.8 Å². The lowest BCUT2D eigenvalue weighted by molar-refractivity contribution is -0.143. The minimum absolute atomic E-state index is 0.0288. The summed E-state index contributed by atoms with van der Waals surface area (Å²) in [5.41, 5.74) is 1.73. The number of benzene rings is 1. The molecule has 0 aliphatic carbocycles. The fraction of sp³-hybridized carbons (Fsp3) is 0.353. The highest BCUT2D eigenvalue weighted by Crippen LogP contribution is 2.18. The number of nitrogens with zero attached hydrogens (tertiary/aromatic N) is 1. The first-order valence-electron chi connectivity index (χ1n) is 7.75. The Balaban J connectivity index is 2.00. The van der Waals surface area contributed by atoms with E-state index in [-0.39, 0.29) is 31.2 Å². The van der Waals surface area contributed by atoms with Crippen molar-refractivity contribution in [3.63, 3.8) is 0 Å². The van der Waals surface area contributed by atoms with E-state index in [0.717, 1.165) is 10.5 Å². The van der Waals surface area contributed by atoms with E-state index >= 15 is 0 Å². The minimum Gasteiger partial charge on any atom is -0.466 e. The van der Waals surface area contributed by atoms with Crippen LogP contribution in [0.1, 0.15) is 18.9 Å². The second-order valence-corrected chi connectivity index (χ2v) is 5.21. The molecule has 0 bridgehead atoms. The number of esters is 1. The van der Waals surface area contributed by atoms with Crippen LogP contribution in [0.5, 0.6) is 0 Å². The monoisotopic (exact) mass is 332 g/mol. The van der Waals surface area contributed by atoms with Gasteiger partial charge in [0, 0.05) is 18.2 Å². The highest BCUT2D eigenvalue weighted by atomic mass is 16.5. The summed E-state index contributed by atoms with van der Waals surface area (Å²) in [6.45, 7) is 1.81. The molecule has 2 rings (SSSR count). The number of carbonyl (C=O) groups excluding carboxylic acids is 3. The molecule has 0 radical (unpaired) electrons. The molecule has 0 saturated carbocycles. The zero-order valence-corrected chi connectivity index (χ0v) is 13.4. The molecule has 0 spiro atoms. The van der Waals surface area contributed by atoms with E-state index in [9.17, 15) is 14.4 Å². The fourth-order valence-electron chi connectivity index (χ4n) is 2.35. The van der Waals surface area contributed by atoms with Crippen molar-refractivity contribution >= 4 is 23.5 Å². The molecule has 128 valence electrons. The lowest BCUT2D eigenvalue weighted by Gasteiger charge is -2.13. The summed E-state index contributed by atoms with van der Waals surface area (Å²) >= 11 is 0. The average Bonchev–Trinajstić information content (AvgIpc) is 2.82. The summed E-state index contributed by atoms with van der Waals surface area (Å²) in [5.74, 6) is -1.17. The van der Waals surface area contributed by atoms with Gasteiger partial charge >= 0.3 is 5.97 Å². The van der Waals surface area contributed by atoms with Gasteiger partial charge in [-0.15, -0.1) is 0 Å². The Morgan fingerprint density at radius 1 is 1.33 bits per heavy atom. The number of ether oxygens (including phenoxy) is 1. The molecular weight excluding hydrogens is 312 g/mol. The van der Waals surface area contributed by atoms with Gasteiger partial charge in [0.2, 0.25) is 0 Å². The third-order valence-electron chi connectivity index (χ3n) is 3.46. The summed E-state index contributed by atoms with van der Waals surface area (Å²) in [4.78, 5) is 36.2. The second kappa shape index (κ2) is 8.26. The molecule has 0 aromatic heterocycles. The maximum Gasteiger partial charge on any atom is 0.306 e. The fourth-order valence-corrected chi connectivity index (χ4v) is 2.35. The summed E-state index contributed by atoms with van der Waals surface area (Å²) in [7, 11) is 0. The van der Waals surface area contributed by atoms with Crippen LogP contribution in [-0.2, 0) is 25.5 Å². The minimum atomic E-state index is -0.467. The topological polar surface area (TPSA) is 95.9 Å². The summed E-state index contributed by atoms with van der Waals surface area (Å²) in [6, 6.07) is 7.25. The average molecular weight is 332 g/mol. The number of aliphatic hydroxyl groups is 1. The molecule has 0 unspecified atom stereocenters. The number of amides is 2. The lowest BCUT2D eigenvalue weighted by atomic mass is 10.1. The quantitative estimate of drug-likeness (QED) is 0.541. The number of aryl methyl sites for hydroxylation is 1. The molecular formula is C17H20N2O5. The Labute approximate surface area is 139 Å². The van der Waals surface area contributed by atoms with Crippen molar-refractivity contribution < 1.29 is 24.2 Å². The Morgan fingerprint density at radius 3 is 2.83 bits per heavy atom. The highest BCUT2D eigenvalue weighted by Gasteiger charge is 2.30. The normalized spacial score (nSPS) is 13.9. The summed E-state index contributed by atoms with van der Waals surface area (Å²) in [5, 5.41) is 11.8. The van der Waals surface area contributed by atoms with E-state index in [1.165, 1.54) is 6.08 Å². The van der Waals surface area contributed by atoms with Crippen LogP contribution in [0.2, 0.25) is 0 Å². The van der Waals surface area contributed by atoms with Gasteiger partial charge in [-0.05, 0) is 31.0 Å². The Hall–Kier alpha value is -2.67. The zero-order chi connectivity index (χ0) is 17.5. The molecule has 24 heavy (non-hydrogen) atoms. The number of carbonyl (C=O) groups is 3. The molecule has 1 aromatic carbocycles. The first kappa shape index (κ1) is 17.7. The van der Waals surface area contributed by atoms with E-state index in [1.54, 1.807) is 19.1 Å². The third-order valence-corrected chi connectivity index (χ3v) is 3.46. The second-order valence-electron chi connectivity index (χ2n) is 5.21. The van der Waals surface area contributed by atoms with E-state index in [2.05, 4.69) is 5.32 Å².